The highest BCUT2D eigenvalue weighted by Crippen LogP contribution is 2.31. The number of carbonyl (C=O) groups excluding carboxylic acids is 2. The molecule has 1 aromatic carbocycles. The second kappa shape index (κ2) is 8.73. The zero-order valence-corrected chi connectivity index (χ0v) is 17.8. The van der Waals surface area contributed by atoms with E-state index in [1.807, 2.05) is 6.92 Å². The Morgan fingerprint density at radius 2 is 2.03 bits per heavy atom. The van der Waals surface area contributed by atoms with Gasteiger partial charge in [0.15, 0.2) is 0 Å². The Morgan fingerprint density at radius 1 is 1.19 bits per heavy atom. The molecule has 0 aliphatic heterocycles. The number of aryl methyl sites for hydroxylation is 2. The lowest BCUT2D eigenvalue weighted by atomic mass is 9.93. The summed E-state index contributed by atoms with van der Waals surface area (Å²) in [7, 11) is 0. The minimum atomic E-state index is -0.592. The summed E-state index contributed by atoms with van der Waals surface area (Å²) in [6.07, 6.45) is 3.67. The Morgan fingerprint density at radius 3 is 2.77 bits per heavy atom. The third kappa shape index (κ3) is 4.36. The standard InChI is InChI=1S/C23H20ClN3O4/c1-13-12-15(9-10-16(13)24)30-23(29)21-14(2)20-17(7-5-8-19(20)31-21)26-27-22(28)18-6-3-4-11-25-18/h3-4,6,9-12H,5,7-8H2,1-2H3,(H,27,28)/b26-17+. The second-order valence-electron chi connectivity index (χ2n) is 7.22. The van der Waals surface area contributed by atoms with Gasteiger partial charge in [-0.25, -0.2) is 10.2 Å². The lowest BCUT2D eigenvalue weighted by Gasteiger charge is -2.13. The predicted molar refractivity (Wildman–Crippen MR) is 116 cm³/mol. The topological polar surface area (TPSA) is 93.8 Å². The predicted octanol–water partition coefficient (Wildman–Crippen LogP) is 4.63. The van der Waals surface area contributed by atoms with Gasteiger partial charge in [0.05, 0.1) is 5.71 Å². The number of hydrogen-bond acceptors (Lipinski definition) is 6. The molecule has 1 amide bonds. The number of aromatic nitrogens is 1. The van der Waals surface area contributed by atoms with Crippen molar-refractivity contribution in [1.82, 2.24) is 10.4 Å². The average Bonchev–Trinajstić information content (AvgIpc) is 3.12. The molecule has 8 heteroatoms. The molecule has 1 aliphatic rings. The molecule has 0 spiro atoms. The largest absolute Gasteiger partial charge is 0.453 e. The number of fused-ring (bicyclic) bond motifs is 1. The quantitative estimate of drug-likeness (QED) is 0.364. The molecule has 0 atom stereocenters. The van der Waals surface area contributed by atoms with Gasteiger partial charge in [0.2, 0.25) is 5.76 Å². The number of pyridine rings is 1. The number of esters is 1. The summed E-state index contributed by atoms with van der Waals surface area (Å²) in [4.78, 5) is 29.0. The normalized spacial score (nSPS) is 14.2. The van der Waals surface area contributed by atoms with E-state index in [0.717, 1.165) is 17.5 Å². The van der Waals surface area contributed by atoms with Crippen LogP contribution in [-0.2, 0) is 6.42 Å². The van der Waals surface area contributed by atoms with Crippen molar-refractivity contribution < 1.29 is 18.7 Å². The summed E-state index contributed by atoms with van der Waals surface area (Å²) < 4.78 is 11.3. The van der Waals surface area contributed by atoms with Crippen molar-refractivity contribution in [1.29, 1.82) is 0 Å². The molecule has 0 bridgehead atoms. The molecule has 0 unspecified atom stereocenters. The van der Waals surface area contributed by atoms with Gasteiger partial charge >= 0.3 is 5.97 Å². The molecule has 0 radical (unpaired) electrons. The number of hydrazone groups is 1. The van der Waals surface area contributed by atoms with Crippen LogP contribution in [0.15, 0.2) is 52.1 Å². The van der Waals surface area contributed by atoms with Crippen molar-refractivity contribution in [3.63, 3.8) is 0 Å². The number of amides is 1. The van der Waals surface area contributed by atoms with Gasteiger partial charge in [-0.05, 0) is 62.6 Å². The Labute approximate surface area is 184 Å². The Hall–Kier alpha value is -3.45. The van der Waals surface area contributed by atoms with Gasteiger partial charge in [-0.3, -0.25) is 9.78 Å². The van der Waals surface area contributed by atoms with Crippen molar-refractivity contribution in [3.05, 3.63) is 81.5 Å². The Balaban J connectivity index is 1.57. The lowest BCUT2D eigenvalue weighted by Crippen LogP contribution is -2.22. The van der Waals surface area contributed by atoms with Crippen molar-refractivity contribution in [2.45, 2.75) is 33.1 Å². The Kier molecular flexibility index (Phi) is 5.86. The van der Waals surface area contributed by atoms with E-state index in [-0.39, 0.29) is 11.5 Å². The van der Waals surface area contributed by atoms with E-state index in [2.05, 4.69) is 15.5 Å². The van der Waals surface area contributed by atoms with Crippen LogP contribution in [-0.4, -0.2) is 22.6 Å². The molecule has 0 fully saturated rings. The number of hydrogen-bond donors (Lipinski definition) is 1. The third-order valence-electron chi connectivity index (χ3n) is 5.04. The molecular weight excluding hydrogens is 418 g/mol. The van der Waals surface area contributed by atoms with E-state index in [0.29, 0.717) is 40.6 Å². The van der Waals surface area contributed by atoms with Gasteiger partial charge in [-0.15, -0.1) is 0 Å². The van der Waals surface area contributed by atoms with Crippen LogP contribution in [0.25, 0.3) is 0 Å². The molecule has 1 aliphatic carbocycles. The van der Waals surface area contributed by atoms with Gasteiger partial charge in [0, 0.05) is 28.8 Å². The van der Waals surface area contributed by atoms with Crippen LogP contribution in [0.1, 0.15) is 56.3 Å². The molecule has 0 saturated heterocycles. The Bertz CT molecular complexity index is 1190. The molecule has 2 heterocycles. The number of rotatable bonds is 4. The summed E-state index contributed by atoms with van der Waals surface area (Å²) in [5.74, 6) is 0.180. The van der Waals surface area contributed by atoms with E-state index >= 15 is 0 Å². The smallest absolute Gasteiger partial charge is 0.379 e. The van der Waals surface area contributed by atoms with Crippen LogP contribution in [0, 0.1) is 13.8 Å². The maximum Gasteiger partial charge on any atom is 0.379 e. The van der Waals surface area contributed by atoms with Gasteiger partial charge in [-0.2, -0.15) is 5.10 Å². The highest BCUT2D eigenvalue weighted by molar-refractivity contribution is 6.31. The number of nitrogens with zero attached hydrogens (tertiary/aromatic N) is 2. The molecule has 31 heavy (non-hydrogen) atoms. The van der Waals surface area contributed by atoms with E-state index in [4.69, 9.17) is 20.8 Å². The number of carbonyl (C=O) groups is 2. The SMILES string of the molecule is Cc1cc(OC(=O)c2oc3c(c2C)/C(=N/NC(=O)c2ccccn2)CCC3)ccc1Cl. The fourth-order valence-electron chi connectivity index (χ4n) is 3.48. The van der Waals surface area contributed by atoms with Gasteiger partial charge in [0.1, 0.15) is 17.2 Å². The van der Waals surface area contributed by atoms with Gasteiger partial charge in [-0.1, -0.05) is 17.7 Å². The van der Waals surface area contributed by atoms with E-state index in [1.54, 1.807) is 49.5 Å². The molecule has 7 nitrogen and oxygen atoms in total. The minimum Gasteiger partial charge on any atom is -0.453 e. The van der Waals surface area contributed by atoms with Crippen molar-refractivity contribution in [2.75, 3.05) is 0 Å². The fraction of sp³-hybridized carbons (Fsp3) is 0.217. The van der Waals surface area contributed by atoms with Crippen LogP contribution in [0.3, 0.4) is 0 Å². The fourth-order valence-corrected chi connectivity index (χ4v) is 3.60. The summed E-state index contributed by atoms with van der Waals surface area (Å²) >= 11 is 6.03. The highest BCUT2D eigenvalue weighted by atomic mass is 35.5. The van der Waals surface area contributed by atoms with Gasteiger partial charge in [0.25, 0.3) is 5.91 Å². The van der Waals surface area contributed by atoms with Crippen molar-refractivity contribution >= 4 is 29.2 Å². The number of benzene rings is 1. The molecule has 1 N–H and O–H groups in total. The third-order valence-corrected chi connectivity index (χ3v) is 5.47. The first-order valence-corrected chi connectivity index (χ1v) is 10.2. The first-order valence-electron chi connectivity index (χ1n) is 9.83. The first kappa shape index (κ1) is 20.8. The van der Waals surface area contributed by atoms with Crippen molar-refractivity contribution in [3.8, 4) is 5.75 Å². The summed E-state index contributed by atoms with van der Waals surface area (Å²) in [6.45, 7) is 3.62. The molecule has 0 saturated carbocycles. The number of furan rings is 1. The van der Waals surface area contributed by atoms with E-state index in [9.17, 15) is 9.59 Å². The van der Waals surface area contributed by atoms with Crippen LogP contribution in [0.2, 0.25) is 5.02 Å². The average molecular weight is 438 g/mol. The van der Waals surface area contributed by atoms with Crippen LogP contribution in [0.4, 0.5) is 0 Å². The number of nitrogens with one attached hydrogen (secondary N) is 1. The zero-order chi connectivity index (χ0) is 22.0. The van der Waals surface area contributed by atoms with E-state index in [1.165, 1.54) is 0 Å². The molecule has 3 aromatic rings. The molecule has 158 valence electrons. The first-order chi connectivity index (χ1) is 14.9. The minimum absolute atomic E-state index is 0.128. The zero-order valence-electron chi connectivity index (χ0n) is 17.1. The lowest BCUT2D eigenvalue weighted by molar-refractivity contribution is 0.0698. The summed E-state index contributed by atoms with van der Waals surface area (Å²) in [5, 5.41) is 4.89. The van der Waals surface area contributed by atoms with Crippen molar-refractivity contribution in [2.24, 2.45) is 5.10 Å². The van der Waals surface area contributed by atoms with Crippen LogP contribution in [0.5, 0.6) is 5.75 Å². The van der Waals surface area contributed by atoms with E-state index < -0.39 is 11.9 Å². The van der Waals surface area contributed by atoms with Crippen LogP contribution >= 0.6 is 11.6 Å². The maximum atomic E-state index is 12.7. The summed E-state index contributed by atoms with van der Waals surface area (Å²) in [5.41, 5.74) is 5.66. The molecule has 2 aromatic heterocycles. The molecular formula is C23H20ClN3O4. The number of ether oxygens (including phenoxy) is 1. The maximum absolute atomic E-state index is 12.7. The molecule has 4 rings (SSSR count). The highest BCUT2D eigenvalue weighted by Gasteiger charge is 2.29. The number of halogens is 1. The second-order valence-corrected chi connectivity index (χ2v) is 7.63. The van der Waals surface area contributed by atoms with Crippen LogP contribution < -0.4 is 10.2 Å². The summed E-state index contributed by atoms with van der Waals surface area (Å²) in [6, 6.07) is 10.1. The van der Waals surface area contributed by atoms with Gasteiger partial charge < -0.3 is 9.15 Å². The monoisotopic (exact) mass is 437 g/mol.